The van der Waals surface area contributed by atoms with Crippen LogP contribution in [0.3, 0.4) is 0 Å². The molecule has 0 unspecified atom stereocenters. The van der Waals surface area contributed by atoms with E-state index < -0.39 is 29.7 Å². The zero-order valence-corrected chi connectivity index (χ0v) is 21.1. The monoisotopic (exact) mass is 500 g/mol. The number of nitrogens with one attached hydrogen (secondary N) is 1. The number of ether oxygens (including phenoxy) is 1. The van der Waals surface area contributed by atoms with Crippen molar-refractivity contribution < 1.29 is 23.9 Å². The summed E-state index contributed by atoms with van der Waals surface area (Å²) in [4.78, 5) is 54.7. The molecule has 1 N–H and O–H groups in total. The van der Waals surface area contributed by atoms with E-state index in [1.807, 2.05) is 6.26 Å². The van der Waals surface area contributed by atoms with Crippen molar-refractivity contribution in [1.82, 2.24) is 4.90 Å². The van der Waals surface area contributed by atoms with Crippen LogP contribution >= 0.6 is 23.1 Å². The second-order valence-corrected chi connectivity index (χ2v) is 10.7. The summed E-state index contributed by atoms with van der Waals surface area (Å²) in [5.41, 5.74) is 1.97. The SMILES string of the molecule is CCOC(=O)c1c(NC(=O)[C@H](CCSC)N2C(=O)c3ccccc3C2=O)sc2c1CC[C@H](C)C2. The summed E-state index contributed by atoms with van der Waals surface area (Å²) in [5.74, 6) is -0.766. The molecule has 0 saturated carbocycles. The summed E-state index contributed by atoms with van der Waals surface area (Å²) in [6.45, 7) is 4.15. The van der Waals surface area contributed by atoms with Crippen LogP contribution in [-0.4, -0.2) is 53.2 Å². The van der Waals surface area contributed by atoms with Gasteiger partial charge in [-0.3, -0.25) is 19.3 Å². The molecule has 7 nitrogen and oxygen atoms in total. The molecule has 34 heavy (non-hydrogen) atoms. The van der Waals surface area contributed by atoms with Crippen molar-refractivity contribution >= 4 is 51.8 Å². The lowest BCUT2D eigenvalue weighted by Crippen LogP contribution is -2.47. The molecule has 1 aromatic carbocycles. The summed E-state index contributed by atoms with van der Waals surface area (Å²) in [5, 5.41) is 3.34. The van der Waals surface area contributed by atoms with Crippen LogP contribution in [0.1, 0.15) is 68.2 Å². The van der Waals surface area contributed by atoms with E-state index >= 15 is 0 Å². The molecule has 0 bridgehead atoms. The topological polar surface area (TPSA) is 92.8 Å². The normalized spacial score (nSPS) is 17.9. The molecular weight excluding hydrogens is 472 g/mol. The fourth-order valence-corrected chi connectivity index (χ4v) is 6.41. The van der Waals surface area contributed by atoms with Crippen molar-refractivity contribution in [3.63, 3.8) is 0 Å². The van der Waals surface area contributed by atoms with Crippen LogP contribution in [0.15, 0.2) is 24.3 Å². The Labute approximate surface area is 207 Å². The largest absolute Gasteiger partial charge is 0.462 e. The molecule has 2 aliphatic rings. The lowest BCUT2D eigenvalue weighted by molar-refractivity contribution is -0.120. The van der Waals surface area contributed by atoms with Crippen LogP contribution in [0.2, 0.25) is 0 Å². The average Bonchev–Trinajstić information content (AvgIpc) is 3.29. The summed E-state index contributed by atoms with van der Waals surface area (Å²) in [6, 6.07) is 5.63. The number of amides is 3. The number of carbonyl (C=O) groups is 4. The standard InChI is InChI=1S/C25H28N2O5S2/c1-4-32-25(31)20-17-10-9-14(2)13-19(17)34-22(20)26-21(28)18(11-12-33-3)27-23(29)15-7-5-6-8-16(15)24(27)30/h5-8,14,18H,4,9-13H2,1-3H3,(H,26,28)/t14-,18-/m0/s1. The van der Waals surface area contributed by atoms with E-state index in [0.717, 1.165) is 34.6 Å². The third-order valence-corrected chi connectivity index (χ3v) is 8.08. The number of fused-ring (bicyclic) bond motifs is 2. The number of hydrogen-bond donors (Lipinski definition) is 1. The highest BCUT2D eigenvalue weighted by Gasteiger charge is 2.43. The van der Waals surface area contributed by atoms with Gasteiger partial charge in [0.25, 0.3) is 11.8 Å². The van der Waals surface area contributed by atoms with Crippen LogP contribution < -0.4 is 5.32 Å². The molecule has 1 aliphatic heterocycles. The Kier molecular flexibility index (Phi) is 7.42. The molecule has 1 aromatic heterocycles. The Hall–Kier alpha value is -2.65. The summed E-state index contributed by atoms with van der Waals surface area (Å²) < 4.78 is 5.30. The predicted octanol–water partition coefficient (Wildman–Crippen LogP) is 4.41. The number of hydrogen-bond acceptors (Lipinski definition) is 7. The van der Waals surface area contributed by atoms with Crippen molar-refractivity contribution in [2.45, 2.75) is 45.6 Å². The van der Waals surface area contributed by atoms with Gasteiger partial charge in [0.2, 0.25) is 5.91 Å². The molecule has 0 saturated heterocycles. The average molecular weight is 501 g/mol. The maximum Gasteiger partial charge on any atom is 0.341 e. The van der Waals surface area contributed by atoms with Crippen LogP contribution in [0.4, 0.5) is 5.00 Å². The van der Waals surface area contributed by atoms with Gasteiger partial charge in [-0.25, -0.2) is 4.79 Å². The molecule has 180 valence electrons. The molecule has 9 heteroatoms. The molecule has 1 aliphatic carbocycles. The van der Waals surface area contributed by atoms with Gasteiger partial charge in [0, 0.05) is 4.88 Å². The van der Waals surface area contributed by atoms with Crippen LogP contribution in [-0.2, 0) is 22.4 Å². The second kappa shape index (κ2) is 10.3. The van der Waals surface area contributed by atoms with Crippen LogP contribution in [0, 0.1) is 5.92 Å². The number of anilines is 1. The van der Waals surface area contributed by atoms with Crippen LogP contribution in [0.5, 0.6) is 0 Å². The summed E-state index contributed by atoms with van der Waals surface area (Å²) >= 11 is 2.93. The van der Waals surface area contributed by atoms with E-state index in [4.69, 9.17) is 4.74 Å². The Balaban J connectivity index is 1.66. The van der Waals surface area contributed by atoms with E-state index in [0.29, 0.717) is 39.8 Å². The van der Waals surface area contributed by atoms with Gasteiger partial charge < -0.3 is 10.1 Å². The van der Waals surface area contributed by atoms with Crippen molar-refractivity contribution in [3.05, 3.63) is 51.4 Å². The third kappa shape index (κ3) is 4.51. The number of thioether (sulfide) groups is 1. The molecule has 3 amide bonds. The van der Waals surface area contributed by atoms with Crippen LogP contribution in [0.25, 0.3) is 0 Å². The Morgan fingerprint density at radius 1 is 1.24 bits per heavy atom. The number of imide groups is 1. The third-order valence-electron chi connectivity index (χ3n) is 6.26. The molecule has 0 fully saturated rings. The molecular formula is C25H28N2O5S2. The molecule has 4 rings (SSSR count). The van der Waals surface area contributed by atoms with Gasteiger partial charge in [-0.2, -0.15) is 11.8 Å². The van der Waals surface area contributed by atoms with Gasteiger partial charge in [0.15, 0.2) is 0 Å². The van der Waals surface area contributed by atoms with Gasteiger partial charge in [-0.15, -0.1) is 11.3 Å². The van der Waals surface area contributed by atoms with Crippen molar-refractivity contribution in [1.29, 1.82) is 0 Å². The number of esters is 1. The second-order valence-electron chi connectivity index (χ2n) is 8.59. The Morgan fingerprint density at radius 2 is 1.91 bits per heavy atom. The first-order valence-electron chi connectivity index (χ1n) is 11.5. The summed E-state index contributed by atoms with van der Waals surface area (Å²) in [7, 11) is 0. The van der Waals surface area contributed by atoms with Gasteiger partial charge >= 0.3 is 5.97 Å². The van der Waals surface area contributed by atoms with Gasteiger partial charge in [-0.05, 0) is 68.2 Å². The predicted molar refractivity (Wildman–Crippen MR) is 134 cm³/mol. The first-order chi connectivity index (χ1) is 16.4. The Morgan fingerprint density at radius 3 is 2.53 bits per heavy atom. The lowest BCUT2D eigenvalue weighted by Gasteiger charge is -2.25. The molecule has 2 atom stereocenters. The number of benzene rings is 1. The molecule has 2 aromatic rings. The van der Waals surface area contributed by atoms with Crippen molar-refractivity contribution in [2.75, 3.05) is 23.9 Å². The maximum atomic E-state index is 13.5. The van der Waals surface area contributed by atoms with E-state index in [1.165, 1.54) is 23.1 Å². The van der Waals surface area contributed by atoms with E-state index in [2.05, 4.69) is 12.2 Å². The molecule has 2 heterocycles. The highest BCUT2D eigenvalue weighted by atomic mass is 32.2. The lowest BCUT2D eigenvalue weighted by atomic mass is 9.88. The van der Waals surface area contributed by atoms with E-state index in [9.17, 15) is 19.2 Å². The zero-order valence-electron chi connectivity index (χ0n) is 19.5. The fraction of sp³-hybridized carbons (Fsp3) is 0.440. The summed E-state index contributed by atoms with van der Waals surface area (Å²) in [6.07, 6.45) is 4.79. The highest BCUT2D eigenvalue weighted by molar-refractivity contribution is 7.98. The maximum absolute atomic E-state index is 13.5. The number of nitrogens with zero attached hydrogens (tertiary/aromatic N) is 1. The van der Waals surface area contributed by atoms with Crippen molar-refractivity contribution in [3.8, 4) is 0 Å². The van der Waals surface area contributed by atoms with Gasteiger partial charge in [0.1, 0.15) is 11.0 Å². The quantitative estimate of drug-likeness (QED) is 0.426. The number of rotatable bonds is 8. The molecule has 0 spiro atoms. The minimum absolute atomic E-state index is 0.235. The minimum Gasteiger partial charge on any atom is -0.462 e. The Bertz CT molecular complexity index is 1110. The minimum atomic E-state index is -0.979. The fourth-order valence-electron chi connectivity index (χ4n) is 4.55. The smallest absolute Gasteiger partial charge is 0.341 e. The van der Waals surface area contributed by atoms with Gasteiger partial charge in [0.05, 0.1) is 23.3 Å². The first kappa shape index (κ1) is 24.5. The van der Waals surface area contributed by atoms with E-state index in [-0.39, 0.29) is 6.61 Å². The zero-order chi connectivity index (χ0) is 24.4. The van der Waals surface area contributed by atoms with Crippen molar-refractivity contribution in [2.24, 2.45) is 5.92 Å². The van der Waals surface area contributed by atoms with Gasteiger partial charge in [-0.1, -0.05) is 19.1 Å². The van der Waals surface area contributed by atoms with E-state index in [1.54, 1.807) is 31.2 Å². The number of thiophene rings is 1. The molecule has 0 radical (unpaired) electrons. The first-order valence-corrected chi connectivity index (χ1v) is 13.7. The highest BCUT2D eigenvalue weighted by Crippen LogP contribution is 2.40. The number of carbonyl (C=O) groups excluding carboxylic acids is 4.